The van der Waals surface area contributed by atoms with Crippen LogP contribution >= 0.6 is 11.3 Å². The molecule has 0 atom stereocenters. The van der Waals surface area contributed by atoms with Crippen LogP contribution in [0.3, 0.4) is 0 Å². The van der Waals surface area contributed by atoms with Gasteiger partial charge in [0.05, 0.1) is 23.5 Å². The first-order valence-corrected chi connectivity index (χ1v) is 6.47. The maximum absolute atomic E-state index is 8.89. The summed E-state index contributed by atoms with van der Waals surface area (Å²) >= 11 is 1.60. The Bertz CT molecular complexity index is 716. The first kappa shape index (κ1) is 10.9. The number of fused-ring (bicyclic) bond motifs is 1. The van der Waals surface area contributed by atoms with Crippen LogP contribution in [0.25, 0.3) is 16.2 Å². The van der Waals surface area contributed by atoms with Gasteiger partial charge in [0.25, 0.3) is 0 Å². The van der Waals surface area contributed by atoms with Gasteiger partial charge >= 0.3 is 0 Å². The van der Waals surface area contributed by atoms with Crippen LogP contribution in [0.5, 0.6) is 0 Å². The fourth-order valence-electron chi connectivity index (χ4n) is 1.77. The summed E-state index contributed by atoms with van der Waals surface area (Å²) in [6.45, 7) is 2.08. The highest BCUT2D eigenvalue weighted by Crippen LogP contribution is 2.23. The molecule has 0 saturated carbocycles. The maximum Gasteiger partial charge on any atom is 0.212 e. The van der Waals surface area contributed by atoms with Gasteiger partial charge in [-0.1, -0.05) is 30.4 Å². The van der Waals surface area contributed by atoms with Crippen molar-refractivity contribution in [2.45, 2.75) is 13.3 Å². The average molecular weight is 254 g/mol. The predicted octanol–water partition coefficient (Wildman–Crippen LogP) is 2.89. The summed E-state index contributed by atoms with van der Waals surface area (Å²) in [4.78, 5) is 5.43. The lowest BCUT2D eigenvalue weighted by Gasteiger charge is -1.95. The number of hydrogen-bond acceptors (Lipinski definition) is 4. The Morgan fingerprint density at radius 2 is 2.33 bits per heavy atom. The van der Waals surface area contributed by atoms with Crippen LogP contribution in [-0.2, 0) is 6.42 Å². The molecule has 0 aliphatic rings. The minimum absolute atomic E-state index is 0.645. The smallest absolute Gasteiger partial charge is 0.212 e. The molecule has 0 fully saturated rings. The van der Waals surface area contributed by atoms with Crippen molar-refractivity contribution in [3.05, 3.63) is 41.0 Å². The molecule has 2 aromatic heterocycles. The second-order valence-corrected chi connectivity index (χ2v) is 4.94. The van der Waals surface area contributed by atoms with Crippen molar-refractivity contribution in [1.82, 2.24) is 14.6 Å². The molecule has 18 heavy (non-hydrogen) atoms. The molecule has 0 aliphatic carbocycles. The molecule has 0 amide bonds. The van der Waals surface area contributed by atoms with E-state index in [1.54, 1.807) is 21.9 Å². The molecule has 4 nitrogen and oxygen atoms in total. The van der Waals surface area contributed by atoms with E-state index in [1.807, 2.05) is 24.4 Å². The minimum atomic E-state index is 0.645. The van der Waals surface area contributed by atoms with Crippen molar-refractivity contribution in [1.29, 1.82) is 5.26 Å². The third-order valence-corrected chi connectivity index (χ3v) is 3.74. The molecule has 88 valence electrons. The molecule has 0 radical (unpaired) electrons. The van der Waals surface area contributed by atoms with E-state index < -0.39 is 0 Å². The lowest BCUT2D eigenvalue weighted by atomic mass is 10.1. The van der Waals surface area contributed by atoms with Gasteiger partial charge in [0.15, 0.2) is 0 Å². The van der Waals surface area contributed by atoms with Crippen molar-refractivity contribution in [3.8, 4) is 17.3 Å². The quantitative estimate of drug-likeness (QED) is 0.706. The first-order valence-electron chi connectivity index (χ1n) is 5.66. The number of imidazole rings is 1. The Kier molecular flexibility index (Phi) is 2.58. The Morgan fingerprint density at radius 1 is 1.44 bits per heavy atom. The molecule has 0 unspecified atom stereocenters. The largest absolute Gasteiger partial charge is 0.217 e. The molecule has 0 aliphatic heterocycles. The summed E-state index contributed by atoms with van der Waals surface area (Å²) in [5.41, 5.74) is 2.45. The molecule has 0 bridgehead atoms. The van der Waals surface area contributed by atoms with Crippen LogP contribution in [-0.4, -0.2) is 14.6 Å². The van der Waals surface area contributed by atoms with Crippen molar-refractivity contribution in [3.63, 3.8) is 0 Å². The number of aryl methyl sites for hydroxylation is 1. The van der Waals surface area contributed by atoms with Crippen LogP contribution in [0.2, 0.25) is 0 Å². The van der Waals surface area contributed by atoms with Gasteiger partial charge in [-0.25, -0.2) is 9.50 Å². The highest BCUT2D eigenvalue weighted by Gasteiger charge is 2.08. The van der Waals surface area contributed by atoms with Crippen molar-refractivity contribution >= 4 is 16.3 Å². The molecule has 5 heteroatoms. The third-order valence-electron chi connectivity index (χ3n) is 2.67. The fourth-order valence-corrected chi connectivity index (χ4v) is 2.59. The van der Waals surface area contributed by atoms with Crippen LogP contribution in [0.1, 0.15) is 17.5 Å². The highest BCUT2D eigenvalue weighted by atomic mass is 32.1. The summed E-state index contributed by atoms with van der Waals surface area (Å²) in [5.74, 6) is 0. The van der Waals surface area contributed by atoms with E-state index in [4.69, 9.17) is 5.26 Å². The molecule has 0 N–H and O–H groups in total. The maximum atomic E-state index is 8.89. The summed E-state index contributed by atoms with van der Waals surface area (Å²) in [7, 11) is 0. The lowest BCUT2D eigenvalue weighted by molar-refractivity contribution is 0.910. The molecule has 0 saturated heterocycles. The number of nitriles is 1. The minimum Gasteiger partial charge on any atom is -0.217 e. The molecular weight excluding hydrogens is 244 g/mol. The first-order chi connectivity index (χ1) is 8.80. The van der Waals surface area contributed by atoms with Gasteiger partial charge in [-0.2, -0.15) is 10.4 Å². The van der Waals surface area contributed by atoms with Crippen LogP contribution in [0.4, 0.5) is 0 Å². The molecule has 3 aromatic rings. The van der Waals surface area contributed by atoms with E-state index in [1.165, 1.54) is 0 Å². The van der Waals surface area contributed by atoms with E-state index in [2.05, 4.69) is 23.1 Å². The Hall–Kier alpha value is -2.19. The lowest BCUT2D eigenvalue weighted by Crippen LogP contribution is -1.83. The zero-order valence-electron chi connectivity index (χ0n) is 9.79. The van der Waals surface area contributed by atoms with Crippen molar-refractivity contribution in [2.24, 2.45) is 0 Å². The van der Waals surface area contributed by atoms with Crippen LogP contribution in [0.15, 0.2) is 30.5 Å². The van der Waals surface area contributed by atoms with E-state index in [0.717, 1.165) is 27.6 Å². The van der Waals surface area contributed by atoms with E-state index in [-0.39, 0.29) is 0 Å². The molecule has 1 aromatic carbocycles. The van der Waals surface area contributed by atoms with E-state index in [9.17, 15) is 0 Å². The fraction of sp³-hybridized carbons (Fsp3) is 0.154. The van der Waals surface area contributed by atoms with Gasteiger partial charge in [0.1, 0.15) is 5.01 Å². The summed E-state index contributed by atoms with van der Waals surface area (Å²) in [6, 6.07) is 9.58. The number of benzene rings is 1. The monoisotopic (exact) mass is 254 g/mol. The number of hydrogen-bond donors (Lipinski definition) is 0. The Morgan fingerprint density at radius 3 is 3.06 bits per heavy atom. The topological polar surface area (TPSA) is 54.0 Å². The summed E-state index contributed by atoms with van der Waals surface area (Å²) in [5, 5.41) is 14.4. The number of rotatable bonds is 2. The molecular formula is C13H10N4S. The standard InChI is InChI=1S/C13H10N4S/c1-2-12-16-17-8-11(15-13(17)18-12)10-5-3-4-9(6-10)7-14/h3-6,8H,2H2,1H3. The molecule has 3 rings (SSSR count). The van der Waals surface area contributed by atoms with Crippen molar-refractivity contribution < 1.29 is 0 Å². The van der Waals surface area contributed by atoms with Gasteiger partial charge in [-0.3, -0.25) is 0 Å². The van der Waals surface area contributed by atoms with Gasteiger partial charge in [-0.05, 0) is 18.6 Å². The van der Waals surface area contributed by atoms with Gasteiger partial charge in [0, 0.05) is 5.56 Å². The van der Waals surface area contributed by atoms with Gasteiger partial charge in [0.2, 0.25) is 4.96 Å². The van der Waals surface area contributed by atoms with Gasteiger partial charge in [-0.15, -0.1) is 0 Å². The second-order valence-electron chi connectivity index (χ2n) is 3.90. The second kappa shape index (κ2) is 4.24. The van der Waals surface area contributed by atoms with Gasteiger partial charge < -0.3 is 0 Å². The molecule has 0 spiro atoms. The molecule has 2 heterocycles. The highest BCUT2D eigenvalue weighted by molar-refractivity contribution is 7.16. The van der Waals surface area contributed by atoms with Crippen LogP contribution < -0.4 is 0 Å². The predicted molar refractivity (Wildman–Crippen MR) is 70.4 cm³/mol. The Labute approximate surface area is 108 Å². The normalized spacial score (nSPS) is 10.7. The Balaban J connectivity index is 2.08. The third kappa shape index (κ3) is 1.77. The average Bonchev–Trinajstić information content (AvgIpc) is 2.96. The zero-order valence-corrected chi connectivity index (χ0v) is 10.6. The zero-order chi connectivity index (χ0) is 12.5. The summed E-state index contributed by atoms with van der Waals surface area (Å²) in [6.07, 6.45) is 2.83. The SMILES string of the molecule is CCc1nn2cc(-c3cccc(C#N)c3)nc2s1. The van der Waals surface area contributed by atoms with Crippen LogP contribution in [0, 0.1) is 11.3 Å². The number of nitrogens with zero attached hydrogens (tertiary/aromatic N) is 4. The van der Waals surface area contributed by atoms with E-state index in [0.29, 0.717) is 5.56 Å². The number of aromatic nitrogens is 3. The van der Waals surface area contributed by atoms with E-state index >= 15 is 0 Å². The van der Waals surface area contributed by atoms with Crippen molar-refractivity contribution in [2.75, 3.05) is 0 Å². The summed E-state index contributed by atoms with van der Waals surface area (Å²) < 4.78 is 1.80.